The second-order valence-electron chi connectivity index (χ2n) is 3.59. The molecule has 0 spiro atoms. The van der Waals surface area contributed by atoms with Crippen LogP contribution in [0.2, 0.25) is 0 Å². The Morgan fingerprint density at radius 2 is 1.94 bits per heavy atom. The van der Waals surface area contributed by atoms with Crippen molar-refractivity contribution in [1.29, 1.82) is 0 Å². The third-order valence-corrected chi connectivity index (χ3v) is 2.26. The quantitative estimate of drug-likeness (QED) is 0.827. The largest absolute Gasteiger partial charge is 0.334 e. The van der Waals surface area contributed by atoms with Crippen LogP contribution >= 0.6 is 0 Å². The number of anilines is 1. The van der Waals surface area contributed by atoms with E-state index in [1.54, 1.807) is 0 Å². The molecule has 2 amide bonds. The predicted octanol–water partition coefficient (Wildman–Crippen LogP) is 1.82. The van der Waals surface area contributed by atoms with Crippen molar-refractivity contribution >= 4 is 11.7 Å². The fourth-order valence-corrected chi connectivity index (χ4v) is 1.42. The first-order valence-corrected chi connectivity index (χ1v) is 5.39. The maximum atomic E-state index is 11.6. The first kappa shape index (κ1) is 11.1. The molecule has 1 aromatic carbocycles. The van der Waals surface area contributed by atoms with Crippen LogP contribution in [0.15, 0.2) is 54.9 Å². The van der Waals surface area contributed by atoms with Crippen molar-refractivity contribution in [3.05, 3.63) is 60.4 Å². The molecular formula is C13H14N3O+. The summed E-state index contributed by atoms with van der Waals surface area (Å²) in [7, 11) is 0. The normalized spacial score (nSPS) is 9.65. The number of H-pyrrole nitrogens is 1. The fourth-order valence-electron chi connectivity index (χ4n) is 1.42. The lowest BCUT2D eigenvalue weighted by molar-refractivity contribution is -0.378. The first-order chi connectivity index (χ1) is 8.34. The van der Waals surface area contributed by atoms with Gasteiger partial charge in [0, 0.05) is 17.3 Å². The first-order valence-electron chi connectivity index (χ1n) is 5.39. The smallest absolute Gasteiger partial charge is 0.319 e. The highest BCUT2D eigenvalue weighted by Gasteiger charge is 2.01. The van der Waals surface area contributed by atoms with E-state index in [0.717, 1.165) is 11.3 Å². The Kier molecular flexibility index (Phi) is 3.70. The van der Waals surface area contributed by atoms with E-state index < -0.39 is 0 Å². The zero-order valence-corrected chi connectivity index (χ0v) is 9.31. The molecule has 0 unspecified atom stereocenters. The van der Waals surface area contributed by atoms with Gasteiger partial charge < -0.3 is 10.6 Å². The Bertz CT molecular complexity index is 471. The number of rotatable bonds is 3. The Balaban J connectivity index is 1.83. The lowest BCUT2D eigenvalue weighted by Crippen LogP contribution is -2.28. The van der Waals surface area contributed by atoms with Crippen LogP contribution in [-0.4, -0.2) is 6.03 Å². The van der Waals surface area contributed by atoms with Crippen molar-refractivity contribution in [3.8, 4) is 0 Å². The van der Waals surface area contributed by atoms with Crippen molar-refractivity contribution in [3.63, 3.8) is 0 Å². The second-order valence-corrected chi connectivity index (χ2v) is 3.59. The van der Waals surface area contributed by atoms with Gasteiger partial charge in [-0.15, -0.1) is 0 Å². The number of nitrogens with one attached hydrogen (secondary N) is 3. The van der Waals surface area contributed by atoms with Crippen LogP contribution in [0.1, 0.15) is 5.56 Å². The van der Waals surface area contributed by atoms with E-state index in [9.17, 15) is 4.79 Å². The summed E-state index contributed by atoms with van der Waals surface area (Å²) < 4.78 is 0. The summed E-state index contributed by atoms with van der Waals surface area (Å²) in [5.41, 5.74) is 1.81. The van der Waals surface area contributed by atoms with Gasteiger partial charge in [0.05, 0.1) is 6.54 Å². The van der Waals surface area contributed by atoms with Gasteiger partial charge in [-0.25, -0.2) is 9.78 Å². The van der Waals surface area contributed by atoms with Crippen molar-refractivity contribution in [2.75, 3.05) is 5.32 Å². The third-order valence-electron chi connectivity index (χ3n) is 2.26. The van der Waals surface area contributed by atoms with Crippen molar-refractivity contribution in [2.45, 2.75) is 6.54 Å². The molecule has 0 bridgehead atoms. The average molecular weight is 228 g/mol. The third kappa shape index (κ3) is 3.61. The number of aromatic amines is 1. The number of urea groups is 1. The Labute approximate surface area is 99.7 Å². The minimum Gasteiger partial charge on any atom is -0.334 e. The molecule has 0 radical (unpaired) electrons. The number of carbonyl (C=O) groups is 1. The summed E-state index contributed by atoms with van der Waals surface area (Å²) in [6, 6.07) is 13.0. The molecule has 2 aromatic rings. The average Bonchev–Trinajstić information content (AvgIpc) is 2.39. The minimum absolute atomic E-state index is 0.208. The molecule has 1 heterocycles. The van der Waals surface area contributed by atoms with E-state index in [-0.39, 0.29) is 6.03 Å². The van der Waals surface area contributed by atoms with Gasteiger partial charge in [-0.1, -0.05) is 18.2 Å². The highest BCUT2D eigenvalue weighted by atomic mass is 16.2. The molecule has 0 fully saturated rings. The van der Waals surface area contributed by atoms with Crippen molar-refractivity contribution < 1.29 is 9.78 Å². The topological polar surface area (TPSA) is 55.3 Å². The Morgan fingerprint density at radius 3 is 2.65 bits per heavy atom. The van der Waals surface area contributed by atoms with E-state index in [4.69, 9.17) is 0 Å². The molecule has 0 atom stereocenters. The van der Waals surface area contributed by atoms with Gasteiger partial charge in [0.15, 0.2) is 12.4 Å². The standard InChI is InChI=1S/C13H13N3O/c17-13(16-12-6-2-1-3-7-12)15-10-11-5-4-8-14-9-11/h1-9H,10H2,(H2,15,16,17)/p+1. The van der Waals surface area contributed by atoms with Gasteiger partial charge in [0.1, 0.15) is 0 Å². The molecule has 0 aliphatic heterocycles. The van der Waals surface area contributed by atoms with Crippen molar-refractivity contribution in [2.24, 2.45) is 0 Å². The van der Waals surface area contributed by atoms with Crippen LogP contribution in [0.3, 0.4) is 0 Å². The Hall–Kier alpha value is -2.36. The highest BCUT2D eigenvalue weighted by molar-refractivity contribution is 5.89. The van der Waals surface area contributed by atoms with Gasteiger partial charge >= 0.3 is 6.03 Å². The molecule has 17 heavy (non-hydrogen) atoms. The summed E-state index contributed by atoms with van der Waals surface area (Å²) in [5, 5.41) is 5.53. The Morgan fingerprint density at radius 1 is 1.12 bits per heavy atom. The molecule has 0 aliphatic rings. The van der Waals surface area contributed by atoms with E-state index in [1.165, 1.54) is 0 Å². The van der Waals surface area contributed by atoms with Crippen LogP contribution in [0.25, 0.3) is 0 Å². The van der Waals surface area contributed by atoms with Crippen LogP contribution in [0.5, 0.6) is 0 Å². The zero-order chi connectivity index (χ0) is 11.9. The maximum Gasteiger partial charge on any atom is 0.319 e. The van der Waals surface area contributed by atoms with Gasteiger partial charge in [-0.05, 0) is 18.2 Å². The number of para-hydroxylation sites is 1. The number of hydrogen-bond acceptors (Lipinski definition) is 1. The van der Waals surface area contributed by atoms with Gasteiger partial charge in [-0.3, -0.25) is 0 Å². The van der Waals surface area contributed by atoms with E-state index >= 15 is 0 Å². The molecule has 0 aliphatic carbocycles. The molecular weight excluding hydrogens is 214 g/mol. The number of pyridine rings is 1. The van der Waals surface area contributed by atoms with Crippen molar-refractivity contribution in [1.82, 2.24) is 5.32 Å². The number of carbonyl (C=O) groups excluding carboxylic acids is 1. The maximum absolute atomic E-state index is 11.6. The van der Waals surface area contributed by atoms with Gasteiger partial charge in [-0.2, -0.15) is 0 Å². The fraction of sp³-hybridized carbons (Fsp3) is 0.0769. The predicted molar refractivity (Wildman–Crippen MR) is 65.3 cm³/mol. The number of amides is 2. The SMILES string of the molecule is O=C(NCc1ccc[nH+]c1)Nc1ccccc1. The summed E-state index contributed by atoms with van der Waals surface area (Å²) in [4.78, 5) is 14.5. The monoisotopic (exact) mass is 228 g/mol. The summed E-state index contributed by atoms with van der Waals surface area (Å²) in [5.74, 6) is 0. The lowest BCUT2D eigenvalue weighted by Gasteiger charge is -2.06. The summed E-state index contributed by atoms with van der Waals surface area (Å²) in [6.07, 6.45) is 3.68. The summed E-state index contributed by atoms with van der Waals surface area (Å²) >= 11 is 0. The molecule has 0 saturated carbocycles. The molecule has 2 rings (SSSR count). The molecule has 3 N–H and O–H groups in total. The second kappa shape index (κ2) is 5.65. The van der Waals surface area contributed by atoms with E-state index in [0.29, 0.717) is 6.54 Å². The van der Waals surface area contributed by atoms with E-state index in [1.807, 2.05) is 54.9 Å². The van der Waals surface area contributed by atoms with Crippen LogP contribution in [0, 0.1) is 0 Å². The molecule has 1 aromatic heterocycles. The molecule has 4 nitrogen and oxygen atoms in total. The van der Waals surface area contributed by atoms with Gasteiger partial charge in [0.25, 0.3) is 0 Å². The zero-order valence-electron chi connectivity index (χ0n) is 9.31. The van der Waals surface area contributed by atoms with Crippen LogP contribution < -0.4 is 15.6 Å². The molecule has 86 valence electrons. The van der Waals surface area contributed by atoms with Crippen LogP contribution in [-0.2, 0) is 6.54 Å². The summed E-state index contributed by atoms with van der Waals surface area (Å²) in [6.45, 7) is 0.496. The highest BCUT2D eigenvalue weighted by Crippen LogP contribution is 2.04. The number of hydrogen-bond donors (Lipinski definition) is 2. The number of aromatic nitrogens is 1. The van der Waals surface area contributed by atoms with E-state index in [2.05, 4.69) is 15.6 Å². The van der Waals surface area contributed by atoms with Gasteiger partial charge in [0.2, 0.25) is 0 Å². The number of benzene rings is 1. The molecule has 4 heteroatoms. The molecule has 0 saturated heterocycles. The lowest BCUT2D eigenvalue weighted by atomic mass is 10.3. The van der Waals surface area contributed by atoms with Crippen LogP contribution in [0.4, 0.5) is 10.5 Å². The minimum atomic E-state index is -0.208.